The number of halogens is 1. The van der Waals surface area contributed by atoms with E-state index in [1.807, 2.05) is 0 Å². The van der Waals surface area contributed by atoms with Crippen LogP contribution in [0.1, 0.15) is 23.3 Å². The van der Waals surface area contributed by atoms with Crippen molar-refractivity contribution in [3.05, 3.63) is 10.8 Å². The molecule has 1 N–H and O–H groups in total. The van der Waals surface area contributed by atoms with Gasteiger partial charge in [0.1, 0.15) is 4.60 Å². The van der Waals surface area contributed by atoms with Crippen molar-refractivity contribution < 1.29 is 14.7 Å². The molecule has 1 rings (SSSR count). The summed E-state index contributed by atoms with van der Waals surface area (Å²) in [7, 11) is 0. The molecule has 4 nitrogen and oxygen atoms in total. The van der Waals surface area contributed by atoms with E-state index in [9.17, 15) is 5.11 Å². The molecule has 56 valence electrons. The minimum Gasteiger partial charge on any atom is -0.370 e. The molecule has 0 bridgehead atoms. The second-order valence-electron chi connectivity index (χ2n) is 1.58. The molecule has 0 saturated heterocycles. The third-order valence-corrected chi connectivity index (χ3v) is 1.06. The Balaban J connectivity index is 3.52. The molecule has 0 amide bonds. The highest BCUT2D eigenvalue weighted by Crippen LogP contribution is 2.11. The molecular formula is C5H8BrN3O. The predicted octanol–water partition coefficient (Wildman–Crippen LogP) is 0.725. The fourth-order valence-electron chi connectivity index (χ4n) is 0.362. The monoisotopic (exact) mass is 212 g/mol. The van der Waals surface area contributed by atoms with E-state index in [0.717, 1.165) is 0 Å². The van der Waals surface area contributed by atoms with Gasteiger partial charge in [0.15, 0.2) is 5.72 Å². The lowest BCUT2D eigenvalue weighted by Gasteiger charge is -2.15. The van der Waals surface area contributed by atoms with Crippen molar-refractivity contribution >= 4 is 15.9 Å². The highest BCUT2D eigenvalue weighted by atomic mass is 79.9. The summed E-state index contributed by atoms with van der Waals surface area (Å²) in [5.74, 6) is 0. The predicted molar refractivity (Wildman–Crippen MR) is 39.3 cm³/mol. The Kier molecular flexibility index (Phi) is 0.595. The summed E-state index contributed by atoms with van der Waals surface area (Å²) in [6, 6.07) is 0. The second kappa shape index (κ2) is 2.32. The number of hydrogen-bond donors (Lipinski definition) is 1. The summed E-state index contributed by atoms with van der Waals surface area (Å²) in [6.45, 7) is -6.58. The molecule has 0 aromatic carbocycles. The maximum absolute atomic E-state index is 9.94. The highest BCUT2D eigenvalue weighted by Gasteiger charge is 2.15. The molecule has 0 fully saturated rings. The topological polar surface area (TPSA) is 50.9 Å². The van der Waals surface area contributed by atoms with Gasteiger partial charge in [-0.05, 0) is 29.6 Å². The molecule has 1 aromatic rings. The van der Waals surface area contributed by atoms with Crippen LogP contribution in [0.3, 0.4) is 0 Å². The summed E-state index contributed by atoms with van der Waals surface area (Å²) in [5, 5.41) is 16.4. The first kappa shape index (κ1) is 2.57. The van der Waals surface area contributed by atoms with Gasteiger partial charge in [0.05, 0.1) is 7.54 Å². The van der Waals surface area contributed by atoms with Gasteiger partial charge >= 0.3 is 0 Å². The first-order valence-corrected chi connectivity index (χ1v) is 3.03. The number of aromatic nitrogens is 3. The van der Waals surface area contributed by atoms with Gasteiger partial charge in [0.25, 0.3) is 0 Å². The van der Waals surface area contributed by atoms with E-state index < -0.39 is 25.6 Å². The van der Waals surface area contributed by atoms with E-state index in [1.54, 1.807) is 0 Å². The Morgan fingerprint density at radius 2 is 2.70 bits per heavy atom. The van der Waals surface area contributed by atoms with Gasteiger partial charge in [-0.3, -0.25) is 0 Å². The van der Waals surface area contributed by atoms with Crippen molar-refractivity contribution in [2.24, 2.45) is 0 Å². The molecule has 1 heterocycles. The van der Waals surface area contributed by atoms with Gasteiger partial charge in [0.2, 0.25) is 0 Å². The van der Waals surface area contributed by atoms with Gasteiger partial charge < -0.3 is 5.11 Å². The Morgan fingerprint density at radius 3 is 3.10 bits per heavy atom. The molecule has 0 spiro atoms. The Labute approximate surface area is 76.8 Å². The molecule has 1 aromatic heterocycles. The zero-order valence-corrected chi connectivity index (χ0v) is 6.25. The zero-order chi connectivity index (χ0) is 13.6. The SMILES string of the molecule is [2H]c1c(Br)nnn1C(O)(C([2H])([2H])[2H])C([2H])([2H])[2H]. The lowest BCUT2D eigenvalue weighted by molar-refractivity contribution is -0.0120. The molecule has 0 aliphatic rings. The molecule has 0 atom stereocenters. The van der Waals surface area contributed by atoms with Crippen molar-refractivity contribution in [3.8, 4) is 0 Å². The average Bonchev–Trinajstić information content (AvgIpc) is 2.43. The summed E-state index contributed by atoms with van der Waals surface area (Å²) in [6.07, 6.45) is -0.639. The maximum atomic E-state index is 9.94. The molecular weight excluding hydrogens is 198 g/mol. The van der Waals surface area contributed by atoms with E-state index in [2.05, 4.69) is 26.2 Å². The van der Waals surface area contributed by atoms with Crippen LogP contribution in [0.25, 0.3) is 0 Å². The van der Waals surface area contributed by atoms with Crippen molar-refractivity contribution in [1.82, 2.24) is 15.0 Å². The molecule has 0 radical (unpaired) electrons. The first-order valence-electron chi connectivity index (χ1n) is 5.73. The molecule has 10 heavy (non-hydrogen) atoms. The second-order valence-corrected chi connectivity index (χ2v) is 2.33. The van der Waals surface area contributed by atoms with E-state index in [1.165, 1.54) is 0 Å². The van der Waals surface area contributed by atoms with Crippen LogP contribution in [0.4, 0.5) is 0 Å². The van der Waals surface area contributed by atoms with E-state index in [4.69, 9.17) is 9.60 Å². The van der Waals surface area contributed by atoms with Gasteiger partial charge in [-0.15, -0.1) is 5.10 Å². The van der Waals surface area contributed by atoms with E-state index >= 15 is 0 Å². The Hall–Kier alpha value is -0.420. The normalized spacial score (nSPS) is 24.8. The Bertz CT molecular complexity index is 410. The number of hydrogen-bond acceptors (Lipinski definition) is 3. The third kappa shape index (κ3) is 1.54. The highest BCUT2D eigenvalue weighted by molar-refractivity contribution is 9.10. The van der Waals surface area contributed by atoms with Crippen LogP contribution < -0.4 is 0 Å². The van der Waals surface area contributed by atoms with Gasteiger partial charge in [-0.2, -0.15) is 0 Å². The minimum atomic E-state index is -3.30. The third-order valence-electron chi connectivity index (χ3n) is 0.727. The summed E-state index contributed by atoms with van der Waals surface area (Å²) >= 11 is 2.78. The lowest BCUT2D eigenvalue weighted by Crippen LogP contribution is -2.25. The largest absolute Gasteiger partial charge is 0.370 e. The van der Waals surface area contributed by atoms with E-state index in [-0.39, 0.29) is 9.28 Å². The molecule has 0 aliphatic carbocycles. The number of nitrogens with zero attached hydrogens (tertiary/aromatic N) is 3. The molecule has 0 saturated carbocycles. The molecule has 5 heteroatoms. The lowest BCUT2D eigenvalue weighted by atomic mass is 10.3. The molecule has 0 unspecified atom stereocenters. The van der Waals surface area contributed by atoms with Crippen molar-refractivity contribution in [2.75, 3.05) is 0 Å². The van der Waals surface area contributed by atoms with Crippen LogP contribution >= 0.6 is 15.9 Å². The van der Waals surface area contributed by atoms with Crippen LogP contribution in [0.2, 0.25) is 0 Å². The van der Waals surface area contributed by atoms with Crippen molar-refractivity contribution in [2.45, 2.75) is 19.4 Å². The Morgan fingerprint density at radius 1 is 2.00 bits per heavy atom. The fourth-order valence-corrected chi connectivity index (χ4v) is 0.601. The summed E-state index contributed by atoms with van der Waals surface area (Å²) in [5.41, 5.74) is -3.30. The average molecular weight is 213 g/mol. The van der Waals surface area contributed by atoms with Crippen molar-refractivity contribution in [1.29, 1.82) is 0 Å². The number of aliphatic hydroxyl groups is 1. The standard InChI is InChI=1S/C5H8BrN3O/c1-5(2,10)9-3-4(6)7-8-9/h3,10H,1-2H3/i1D3,2D3,3D. The van der Waals surface area contributed by atoms with Crippen LogP contribution in [-0.4, -0.2) is 20.1 Å². The minimum absolute atomic E-state index is 0.163. The van der Waals surface area contributed by atoms with E-state index in [0.29, 0.717) is 0 Å². The maximum Gasteiger partial charge on any atom is 0.153 e. The van der Waals surface area contributed by atoms with Gasteiger partial charge in [-0.1, -0.05) is 5.21 Å². The molecule has 0 aliphatic heterocycles. The zero-order valence-electron chi connectivity index (χ0n) is 11.7. The quantitative estimate of drug-likeness (QED) is 0.747. The number of rotatable bonds is 1. The van der Waals surface area contributed by atoms with Crippen LogP contribution in [-0.2, 0) is 5.72 Å². The van der Waals surface area contributed by atoms with Crippen LogP contribution in [0.15, 0.2) is 10.8 Å². The summed E-state index contributed by atoms with van der Waals surface area (Å²) < 4.78 is 50.1. The fraction of sp³-hybridized carbons (Fsp3) is 0.600. The smallest absolute Gasteiger partial charge is 0.153 e. The van der Waals surface area contributed by atoms with Crippen LogP contribution in [0.5, 0.6) is 0 Å². The van der Waals surface area contributed by atoms with Crippen LogP contribution in [0, 0.1) is 0 Å². The summed E-state index contributed by atoms with van der Waals surface area (Å²) in [4.78, 5) is 0. The first-order chi connectivity index (χ1) is 7.43. The van der Waals surface area contributed by atoms with Crippen molar-refractivity contribution in [3.63, 3.8) is 0 Å². The van der Waals surface area contributed by atoms with Gasteiger partial charge in [-0.25, -0.2) is 4.68 Å². The van der Waals surface area contributed by atoms with Gasteiger partial charge in [0, 0.05) is 8.22 Å².